The van der Waals surface area contributed by atoms with E-state index in [0.29, 0.717) is 17.5 Å². The van der Waals surface area contributed by atoms with Crippen molar-refractivity contribution in [2.45, 2.75) is 120 Å². The van der Waals surface area contributed by atoms with Gasteiger partial charge in [-0.05, 0) is 287 Å². The Labute approximate surface area is 725 Å². The van der Waals surface area contributed by atoms with Gasteiger partial charge in [-0.25, -0.2) is 15.0 Å². The summed E-state index contributed by atoms with van der Waals surface area (Å²) in [5.74, 6) is 1.74. The molecule has 0 N–H and O–H groups in total. The zero-order chi connectivity index (χ0) is 84.1. The normalized spacial score (nSPS) is 13.8. The molecule has 12 heteroatoms. The lowest BCUT2D eigenvalue weighted by Crippen LogP contribution is -2.61. The van der Waals surface area contributed by atoms with Gasteiger partial charge in [0, 0.05) is 119 Å². The smallest absolute Gasteiger partial charge is 0.252 e. The van der Waals surface area contributed by atoms with Gasteiger partial charge in [0.05, 0.1) is 0 Å². The van der Waals surface area contributed by atoms with Crippen LogP contribution in [0.15, 0.2) is 309 Å². The molecule has 0 aliphatic carbocycles. The summed E-state index contributed by atoms with van der Waals surface area (Å²) >= 11 is 0. The molecule has 9 nitrogen and oxygen atoms in total. The second-order valence-corrected chi connectivity index (χ2v) is 38.2. The number of hydrogen-bond donors (Lipinski definition) is 0. The Balaban J connectivity index is 0.795. The van der Waals surface area contributed by atoms with Crippen molar-refractivity contribution in [3.05, 3.63) is 359 Å². The van der Waals surface area contributed by atoms with E-state index in [0.717, 1.165) is 119 Å². The molecule has 0 saturated carbocycles. The number of aromatic nitrogens is 3. The van der Waals surface area contributed by atoms with Gasteiger partial charge in [0.2, 0.25) is 0 Å². The van der Waals surface area contributed by atoms with Gasteiger partial charge in [0.1, 0.15) is 0 Å². The summed E-state index contributed by atoms with van der Waals surface area (Å²) in [6.45, 7) is 33.3. The Morgan fingerprint density at radius 3 is 0.593 bits per heavy atom. The predicted molar refractivity (Wildman–Crippen MR) is 523 cm³/mol. The predicted octanol–water partition coefficient (Wildman–Crippen LogP) is 22.9. The van der Waals surface area contributed by atoms with Crippen LogP contribution in [0.5, 0.6) is 0 Å². The quantitative estimate of drug-likeness (QED) is 0.132. The molecule has 16 aromatic rings. The molecule has 0 unspecified atom stereocenters. The molecular formula is C111H96B3N9. The van der Waals surface area contributed by atoms with Crippen molar-refractivity contribution in [1.82, 2.24) is 15.0 Å². The first-order chi connectivity index (χ1) is 59.3. The van der Waals surface area contributed by atoms with Crippen LogP contribution < -0.4 is 78.6 Å². The minimum Gasteiger partial charge on any atom is -0.311 e. The van der Waals surface area contributed by atoms with Crippen LogP contribution in [0.25, 0.3) is 34.2 Å². The van der Waals surface area contributed by atoms with E-state index in [1.54, 1.807) is 0 Å². The van der Waals surface area contributed by atoms with Crippen molar-refractivity contribution in [2.24, 2.45) is 0 Å². The van der Waals surface area contributed by atoms with E-state index < -0.39 is 0 Å². The monoisotopic (exact) mass is 1590 g/mol. The van der Waals surface area contributed by atoms with Crippen LogP contribution in [0.4, 0.5) is 102 Å². The number of nitrogens with zero attached hydrogens (tertiary/aromatic N) is 9. The second kappa shape index (κ2) is 27.9. The van der Waals surface area contributed by atoms with Gasteiger partial charge in [-0.15, -0.1) is 0 Å². The first-order valence-corrected chi connectivity index (χ1v) is 43.6. The molecule has 7 heterocycles. The van der Waals surface area contributed by atoms with Crippen molar-refractivity contribution < 1.29 is 0 Å². The first kappa shape index (κ1) is 75.5. The van der Waals surface area contributed by atoms with Crippen molar-refractivity contribution >= 4 is 172 Å². The van der Waals surface area contributed by atoms with E-state index in [2.05, 4.69) is 443 Å². The Morgan fingerprint density at radius 2 is 0.382 bits per heavy atom. The fraction of sp³-hybridized carbons (Fsp3) is 0.162. The lowest BCUT2D eigenvalue weighted by Gasteiger charge is -2.44. The number of fused-ring (bicyclic) bond motifs is 12. The fourth-order valence-electron chi connectivity index (χ4n) is 20.5. The maximum absolute atomic E-state index is 5.95. The maximum Gasteiger partial charge on any atom is 0.252 e. The SMILES string of the molecule is Cc1ccc(N2c3ccc(C)cc3B3c4cc(-c5nc(-c6ccc7c(c6)B6c8cc(C)ccc8N(c8ccc(C)cc8)c8cccc(c86)N7c6ccc(C(C)(C)C)cc6)nc(-c6ccc7c(c6)B6c8cc(C)ccc8N(c8ccc(C)cc8)c8cccc(c86)N7c6ccc(C(C)(C)C)cc6)n5)ccc4N(c4ccc(C(C)(C)C)cc4)c4cccc2c43)cc1. The number of benzene rings is 15. The van der Waals surface area contributed by atoms with Crippen LogP contribution in [0.2, 0.25) is 0 Å². The van der Waals surface area contributed by atoms with E-state index in [4.69, 9.17) is 15.0 Å². The van der Waals surface area contributed by atoms with Crippen molar-refractivity contribution in [1.29, 1.82) is 0 Å². The lowest BCUT2D eigenvalue weighted by molar-refractivity contribution is 0.590. The highest BCUT2D eigenvalue weighted by molar-refractivity contribution is 7.02. The van der Waals surface area contributed by atoms with Crippen LogP contribution in [0.1, 0.15) is 112 Å². The van der Waals surface area contributed by atoms with Gasteiger partial charge in [0.15, 0.2) is 17.5 Å². The topological polar surface area (TPSA) is 58.1 Å². The molecular weight excluding hydrogens is 1490 g/mol. The molecule has 22 rings (SSSR count). The molecule has 0 fully saturated rings. The minimum absolute atomic E-state index is 0.0438. The Kier molecular flexibility index (Phi) is 17.1. The highest BCUT2D eigenvalue weighted by Crippen LogP contribution is 2.51. The molecule has 0 bridgehead atoms. The second-order valence-electron chi connectivity index (χ2n) is 38.2. The largest absolute Gasteiger partial charge is 0.311 e. The molecule has 6 aliphatic rings. The standard InChI is InChI=1S/C111H96B3N9/c1-67-25-43-79(44-26-67)118-91-55-31-70(4)61-85(91)112-88-64-73(34-58-94(88)121(100-22-16-19-97(118)103(100)112)82-49-37-76(38-50-82)109(7,8)9)106-115-107(74-35-59-95-89(65-74)113-86-62-71(5)32-56-92(86)119(80-45-27-68(2)28-46-80)98-20-17-23-101(104(98)113)122(95)83-51-39-77(40-52-83)110(10,11)12)117-108(116-106)75-36-60-96-90(66-75)114-87-63-72(6)33-57-93(87)120(81-47-29-69(3)30-48-81)99-21-18-24-102(105(99)114)123(96)84-53-41-78(42-54-84)111(13,14)15/h16-66H,1-15H3. The maximum atomic E-state index is 5.95. The van der Waals surface area contributed by atoms with E-state index in [1.165, 1.54) is 99.2 Å². The van der Waals surface area contributed by atoms with Crippen LogP contribution in [0.3, 0.4) is 0 Å². The Bertz CT molecular complexity index is 6360. The molecule has 0 spiro atoms. The summed E-state index contributed by atoms with van der Waals surface area (Å²) in [6, 6.07) is 118. The summed E-state index contributed by atoms with van der Waals surface area (Å²) in [5.41, 5.74) is 44.9. The van der Waals surface area contributed by atoms with E-state index in [-0.39, 0.29) is 36.4 Å². The number of anilines is 18. The third-order valence-corrected chi connectivity index (χ3v) is 26.7. The minimum atomic E-state index is -0.177. The van der Waals surface area contributed by atoms with Gasteiger partial charge in [-0.1, -0.05) is 241 Å². The van der Waals surface area contributed by atoms with Gasteiger partial charge in [-0.3, -0.25) is 0 Å². The van der Waals surface area contributed by atoms with E-state index in [1.807, 2.05) is 0 Å². The highest BCUT2D eigenvalue weighted by atomic mass is 15.2. The third-order valence-electron chi connectivity index (χ3n) is 26.7. The Hall–Kier alpha value is -13.7. The number of hydrogen-bond acceptors (Lipinski definition) is 9. The molecule has 0 saturated heterocycles. The summed E-state index contributed by atoms with van der Waals surface area (Å²) < 4.78 is 0. The first-order valence-electron chi connectivity index (χ1n) is 43.6. The molecule has 594 valence electrons. The average molecular weight is 1590 g/mol. The fourth-order valence-corrected chi connectivity index (χ4v) is 20.5. The van der Waals surface area contributed by atoms with Crippen molar-refractivity contribution in [3.8, 4) is 34.2 Å². The zero-order valence-corrected chi connectivity index (χ0v) is 72.7. The van der Waals surface area contributed by atoms with Gasteiger partial charge >= 0.3 is 0 Å². The summed E-state index contributed by atoms with van der Waals surface area (Å²) in [7, 11) is 0. The number of aryl methyl sites for hydroxylation is 6. The lowest BCUT2D eigenvalue weighted by atomic mass is 9.33. The van der Waals surface area contributed by atoms with Crippen LogP contribution >= 0.6 is 0 Å². The molecule has 0 amide bonds. The molecule has 15 aromatic carbocycles. The van der Waals surface area contributed by atoms with Crippen molar-refractivity contribution in [3.63, 3.8) is 0 Å². The summed E-state index contributed by atoms with van der Waals surface area (Å²) in [5, 5.41) is 0. The number of rotatable bonds is 9. The zero-order valence-electron chi connectivity index (χ0n) is 72.7. The van der Waals surface area contributed by atoms with Crippen molar-refractivity contribution in [2.75, 3.05) is 29.4 Å². The van der Waals surface area contributed by atoms with Crippen LogP contribution in [0, 0.1) is 41.5 Å². The van der Waals surface area contributed by atoms with E-state index >= 15 is 0 Å². The van der Waals surface area contributed by atoms with Crippen LogP contribution in [-0.4, -0.2) is 35.1 Å². The van der Waals surface area contributed by atoms with Crippen LogP contribution in [-0.2, 0) is 16.2 Å². The molecule has 6 aliphatic heterocycles. The third kappa shape index (κ3) is 12.2. The van der Waals surface area contributed by atoms with E-state index in [9.17, 15) is 0 Å². The van der Waals surface area contributed by atoms with Gasteiger partial charge < -0.3 is 29.4 Å². The molecule has 123 heavy (non-hydrogen) atoms. The summed E-state index contributed by atoms with van der Waals surface area (Å²) in [6.07, 6.45) is 0. The molecule has 0 atom stereocenters. The van der Waals surface area contributed by atoms with Gasteiger partial charge in [-0.2, -0.15) is 0 Å². The molecule has 1 aromatic heterocycles. The Morgan fingerprint density at radius 1 is 0.195 bits per heavy atom. The highest BCUT2D eigenvalue weighted by Gasteiger charge is 2.48. The summed E-state index contributed by atoms with van der Waals surface area (Å²) in [4.78, 5) is 32.8. The average Bonchev–Trinajstić information content (AvgIpc) is 0.707. The van der Waals surface area contributed by atoms with Gasteiger partial charge in [0.25, 0.3) is 20.1 Å². The molecule has 0 radical (unpaired) electrons.